The number of carbonyl (C=O) groups excluding carboxylic acids is 1. The van der Waals surface area contributed by atoms with E-state index in [9.17, 15) is 4.79 Å². The molecule has 1 aliphatic carbocycles. The molecule has 0 aromatic heterocycles. The molecule has 1 N–H and O–H groups in total. The van der Waals surface area contributed by atoms with E-state index >= 15 is 0 Å². The minimum absolute atomic E-state index is 0.0585. The number of amides is 1. The highest BCUT2D eigenvalue weighted by Crippen LogP contribution is 2.27. The van der Waals surface area contributed by atoms with Crippen molar-refractivity contribution in [3.05, 3.63) is 71.8 Å². The van der Waals surface area contributed by atoms with Gasteiger partial charge in [-0.2, -0.15) is 0 Å². The molecule has 1 saturated carbocycles. The van der Waals surface area contributed by atoms with E-state index in [-0.39, 0.29) is 17.9 Å². The molecule has 1 fully saturated rings. The normalized spacial score (nSPS) is 15.7. The van der Waals surface area contributed by atoms with Crippen molar-refractivity contribution in [2.75, 3.05) is 0 Å². The molecule has 0 spiro atoms. The molecule has 0 heterocycles. The smallest absolute Gasteiger partial charge is 0.223 e. The zero-order chi connectivity index (χ0) is 15.2. The third kappa shape index (κ3) is 3.56. The zero-order valence-electron chi connectivity index (χ0n) is 12.9. The van der Waals surface area contributed by atoms with Crippen LogP contribution in [0.1, 0.15) is 49.3 Å². The molecular weight excluding hydrogens is 270 g/mol. The van der Waals surface area contributed by atoms with Crippen LogP contribution in [0.15, 0.2) is 60.7 Å². The van der Waals surface area contributed by atoms with Gasteiger partial charge in [-0.05, 0) is 24.0 Å². The molecule has 2 nitrogen and oxygen atoms in total. The Morgan fingerprint density at radius 3 is 1.82 bits per heavy atom. The van der Waals surface area contributed by atoms with E-state index in [4.69, 9.17) is 0 Å². The fourth-order valence-corrected chi connectivity index (χ4v) is 3.27. The first-order valence-corrected chi connectivity index (χ1v) is 8.25. The quantitative estimate of drug-likeness (QED) is 0.885. The second-order valence-corrected chi connectivity index (χ2v) is 6.10. The molecular formula is C20H23NO. The topological polar surface area (TPSA) is 29.1 Å². The van der Waals surface area contributed by atoms with Crippen LogP contribution in [0, 0.1) is 5.92 Å². The van der Waals surface area contributed by atoms with Crippen LogP contribution in [-0.4, -0.2) is 5.91 Å². The summed E-state index contributed by atoms with van der Waals surface area (Å²) in [6.07, 6.45) is 5.69. The van der Waals surface area contributed by atoms with Gasteiger partial charge in [-0.3, -0.25) is 4.79 Å². The maximum atomic E-state index is 12.6. The highest BCUT2D eigenvalue weighted by Gasteiger charge is 2.24. The van der Waals surface area contributed by atoms with Gasteiger partial charge in [0.15, 0.2) is 0 Å². The fourth-order valence-electron chi connectivity index (χ4n) is 3.27. The Hall–Kier alpha value is -2.09. The SMILES string of the molecule is O=C(NC(c1ccccc1)c1ccccc1)C1CCCCC1. The van der Waals surface area contributed by atoms with Crippen molar-refractivity contribution in [3.8, 4) is 0 Å². The van der Waals surface area contributed by atoms with Gasteiger partial charge in [0.05, 0.1) is 6.04 Å². The van der Waals surface area contributed by atoms with Crippen molar-refractivity contribution in [3.63, 3.8) is 0 Å². The van der Waals surface area contributed by atoms with E-state index in [1.807, 2.05) is 36.4 Å². The maximum absolute atomic E-state index is 12.6. The summed E-state index contributed by atoms with van der Waals surface area (Å²) >= 11 is 0. The van der Waals surface area contributed by atoms with Crippen LogP contribution in [0.3, 0.4) is 0 Å². The van der Waals surface area contributed by atoms with Gasteiger partial charge < -0.3 is 5.32 Å². The number of hydrogen-bond donors (Lipinski definition) is 1. The van der Waals surface area contributed by atoms with E-state index in [2.05, 4.69) is 29.6 Å². The first kappa shape index (κ1) is 14.8. The zero-order valence-corrected chi connectivity index (χ0v) is 12.9. The molecule has 114 valence electrons. The maximum Gasteiger partial charge on any atom is 0.223 e. The summed E-state index contributed by atoms with van der Waals surface area (Å²) in [6.45, 7) is 0. The number of nitrogens with one attached hydrogen (secondary N) is 1. The van der Waals surface area contributed by atoms with E-state index in [0.717, 1.165) is 24.0 Å². The Labute approximate surface area is 132 Å². The van der Waals surface area contributed by atoms with Crippen LogP contribution in [0.4, 0.5) is 0 Å². The monoisotopic (exact) mass is 293 g/mol. The minimum Gasteiger partial charge on any atom is -0.345 e. The summed E-state index contributed by atoms with van der Waals surface area (Å²) in [5, 5.41) is 3.28. The number of benzene rings is 2. The molecule has 0 aliphatic heterocycles. The predicted octanol–water partition coefficient (Wildman–Crippen LogP) is 4.47. The van der Waals surface area contributed by atoms with Crippen molar-refractivity contribution in [2.24, 2.45) is 5.92 Å². The summed E-state index contributed by atoms with van der Waals surface area (Å²) < 4.78 is 0. The van der Waals surface area contributed by atoms with Crippen LogP contribution in [0.2, 0.25) is 0 Å². The number of rotatable bonds is 4. The third-order valence-corrected chi connectivity index (χ3v) is 4.53. The first-order chi connectivity index (χ1) is 10.8. The Bertz CT molecular complexity index is 548. The molecule has 1 amide bonds. The summed E-state index contributed by atoms with van der Waals surface area (Å²) in [5.41, 5.74) is 2.27. The molecule has 3 rings (SSSR count). The lowest BCUT2D eigenvalue weighted by Gasteiger charge is -2.25. The van der Waals surface area contributed by atoms with Gasteiger partial charge in [0.1, 0.15) is 0 Å². The van der Waals surface area contributed by atoms with Crippen molar-refractivity contribution < 1.29 is 4.79 Å². The van der Waals surface area contributed by atoms with Crippen molar-refractivity contribution >= 4 is 5.91 Å². The molecule has 1 aliphatic rings. The Balaban J connectivity index is 1.81. The lowest BCUT2D eigenvalue weighted by atomic mass is 9.88. The predicted molar refractivity (Wildman–Crippen MR) is 89.4 cm³/mol. The summed E-state index contributed by atoms with van der Waals surface area (Å²) in [5.74, 6) is 0.390. The molecule has 2 heteroatoms. The second kappa shape index (κ2) is 7.26. The summed E-state index contributed by atoms with van der Waals surface area (Å²) in [7, 11) is 0. The van der Waals surface area contributed by atoms with Crippen LogP contribution in [0.25, 0.3) is 0 Å². The van der Waals surface area contributed by atoms with Gasteiger partial charge in [0.25, 0.3) is 0 Å². The highest BCUT2D eigenvalue weighted by molar-refractivity contribution is 5.79. The molecule has 0 atom stereocenters. The van der Waals surface area contributed by atoms with Crippen LogP contribution in [0.5, 0.6) is 0 Å². The first-order valence-electron chi connectivity index (χ1n) is 8.25. The van der Waals surface area contributed by atoms with Crippen molar-refractivity contribution in [1.82, 2.24) is 5.32 Å². The highest BCUT2D eigenvalue weighted by atomic mass is 16.1. The van der Waals surface area contributed by atoms with E-state index in [1.54, 1.807) is 0 Å². The van der Waals surface area contributed by atoms with E-state index < -0.39 is 0 Å². The van der Waals surface area contributed by atoms with Gasteiger partial charge in [-0.25, -0.2) is 0 Å². The standard InChI is InChI=1S/C20H23NO/c22-20(18-14-8-3-9-15-18)21-19(16-10-4-1-5-11-16)17-12-6-2-7-13-17/h1-2,4-7,10-13,18-19H,3,8-9,14-15H2,(H,21,22). The molecule has 0 radical (unpaired) electrons. The van der Waals surface area contributed by atoms with Gasteiger partial charge in [-0.15, -0.1) is 0 Å². The minimum atomic E-state index is -0.0585. The third-order valence-electron chi connectivity index (χ3n) is 4.53. The second-order valence-electron chi connectivity index (χ2n) is 6.10. The molecule has 0 saturated heterocycles. The van der Waals surface area contributed by atoms with Gasteiger partial charge >= 0.3 is 0 Å². The van der Waals surface area contributed by atoms with Gasteiger partial charge in [0.2, 0.25) is 5.91 Å². The average Bonchev–Trinajstić information content (AvgIpc) is 2.62. The Kier molecular flexibility index (Phi) is 4.89. The van der Waals surface area contributed by atoms with E-state index in [0.29, 0.717) is 0 Å². The Morgan fingerprint density at radius 1 is 0.818 bits per heavy atom. The summed E-state index contributed by atoms with van der Waals surface area (Å²) in [6, 6.07) is 20.4. The molecule has 2 aromatic rings. The van der Waals surface area contributed by atoms with Crippen LogP contribution < -0.4 is 5.32 Å². The molecule has 0 bridgehead atoms. The van der Waals surface area contributed by atoms with Gasteiger partial charge in [0, 0.05) is 5.92 Å². The van der Waals surface area contributed by atoms with Crippen LogP contribution in [-0.2, 0) is 4.79 Å². The Morgan fingerprint density at radius 2 is 1.32 bits per heavy atom. The number of hydrogen-bond acceptors (Lipinski definition) is 1. The number of carbonyl (C=O) groups is 1. The lowest BCUT2D eigenvalue weighted by Crippen LogP contribution is -2.35. The summed E-state index contributed by atoms with van der Waals surface area (Å²) in [4.78, 5) is 12.6. The van der Waals surface area contributed by atoms with E-state index in [1.165, 1.54) is 19.3 Å². The van der Waals surface area contributed by atoms with Crippen molar-refractivity contribution in [1.29, 1.82) is 0 Å². The average molecular weight is 293 g/mol. The van der Waals surface area contributed by atoms with Crippen molar-refractivity contribution in [2.45, 2.75) is 38.1 Å². The molecule has 2 aromatic carbocycles. The molecule has 22 heavy (non-hydrogen) atoms. The fraction of sp³-hybridized carbons (Fsp3) is 0.350. The lowest BCUT2D eigenvalue weighted by molar-refractivity contribution is -0.126. The largest absolute Gasteiger partial charge is 0.345 e. The van der Waals surface area contributed by atoms with Crippen LogP contribution >= 0.6 is 0 Å². The van der Waals surface area contributed by atoms with Gasteiger partial charge in [-0.1, -0.05) is 79.9 Å². The molecule has 0 unspecified atom stereocenters.